The van der Waals surface area contributed by atoms with Crippen molar-refractivity contribution in [2.24, 2.45) is 0 Å². The van der Waals surface area contributed by atoms with Crippen LogP contribution >= 0.6 is 0 Å². The van der Waals surface area contributed by atoms with Crippen LogP contribution in [0.2, 0.25) is 0 Å². The molecule has 0 unspecified atom stereocenters. The molecule has 1 N–H and O–H groups in total. The molecule has 6 heteroatoms. The molecular formula is C17H19N3O2S. The van der Waals surface area contributed by atoms with Crippen LogP contribution in [0.25, 0.3) is 11.0 Å². The molecule has 3 rings (SSSR count). The Hall–Kier alpha value is -2.34. The molecule has 0 fully saturated rings. The van der Waals surface area contributed by atoms with Crippen molar-refractivity contribution in [1.82, 2.24) is 9.55 Å². The third-order valence-electron chi connectivity index (χ3n) is 4.08. The minimum atomic E-state index is -3.68. The van der Waals surface area contributed by atoms with E-state index in [1.165, 1.54) is 0 Å². The second-order valence-electron chi connectivity index (χ2n) is 5.51. The standard InChI is InChI=1S/C17H19N3O2S/c1-4-20-11-16(14-8-6-10-18-17(14)20)23(21,22)19-15-9-5-7-12(2)13(15)3/h5-11,19H,4H2,1-3H3. The molecule has 0 radical (unpaired) electrons. The van der Waals surface area contributed by atoms with E-state index in [0.29, 0.717) is 23.3 Å². The van der Waals surface area contributed by atoms with Crippen LogP contribution < -0.4 is 4.72 Å². The lowest BCUT2D eigenvalue weighted by molar-refractivity contribution is 0.601. The van der Waals surface area contributed by atoms with Gasteiger partial charge < -0.3 is 4.57 Å². The minimum absolute atomic E-state index is 0.253. The van der Waals surface area contributed by atoms with Crippen molar-refractivity contribution in [2.75, 3.05) is 4.72 Å². The number of aryl methyl sites for hydroxylation is 2. The van der Waals surface area contributed by atoms with Crippen molar-refractivity contribution in [1.29, 1.82) is 0 Å². The second kappa shape index (κ2) is 5.70. The smallest absolute Gasteiger partial charge is 0.264 e. The molecule has 0 aliphatic rings. The summed E-state index contributed by atoms with van der Waals surface area (Å²) in [5.41, 5.74) is 3.25. The molecule has 0 atom stereocenters. The van der Waals surface area contributed by atoms with E-state index in [2.05, 4.69) is 9.71 Å². The second-order valence-corrected chi connectivity index (χ2v) is 7.16. The Kier molecular flexibility index (Phi) is 3.85. The molecular weight excluding hydrogens is 310 g/mol. The normalized spacial score (nSPS) is 11.8. The highest BCUT2D eigenvalue weighted by molar-refractivity contribution is 7.93. The van der Waals surface area contributed by atoms with Crippen LogP contribution in [0.15, 0.2) is 47.6 Å². The van der Waals surface area contributed by atoms with E-state index in [4.69, 9.17) is 0 Å². The van der Waals surface area contributed by atoms with Crippen molar-refractivity contribution in [3.05, 3.63) is 53.9 Å². The van der Waals surface area contributed by atoms with Crippen LogP contribution in [0.1, 0.15) is 18.1 Å². The summed E-state index contributed by atoms with van der Waals surface area (Å²) in [6.45, 7) is 6.49. The van der Waals surface area contributed by atoms with Crippen LogP contribution in [-0.2, 0) is 16.6 Å². The lowest BCUT2D eigenvalue weighted by atomic mass is 10.1. The van der Waals surface area contributed by atoms with Gasteiger partial charge in [0.25, 0.3) is 10.0 Å². The average molecular weight is 329 g/mol. The Labute approximate surface area is 136 Å². The van der Waals surface area contributed by atoms with Gasteiger partial charge >= 0.3 is 0 Å². The lowest BCUT2D eigenvalue weighted by Crippen LogP contribution is -2.13. The van der Waals surface area contributed by atoms with E-state index in [0.717, 1.165) is 11.1 Å². The predicted octanol–water partition coefficient (Wildman–Crippen LogP) is 3.47. The zero-order chi connectivity index (χ0) is 16.6. The summed E-state index contributed by atoms with van der Waals surface area (Å²) in [7, 11) is -3.68. The zero-order valence-corrected chi connectivity index (χ0v) is 14.2. The maximum absolute atomic E-state index is 12.9. The summed E-state index contributed by atoms with van der Waals surface area (Å²) in [6, 6.07) is 9.11. The Balaban J connectivity index is 2.12. The molecule has 0 saturated heterocycles. The van der Waals surface area contributed by atoms with Crippen LogP contribution in [0.3, 0.4) is 0 Å². The van der Waals surface area contributed by atoms with Crippen molar-refractivity contribution >= 4 is 26.7 Å². The summed E-state index contributed by atoms with van der Waals surface area (Å²) in [5, 5.41) is 0.632. The van der Waals surface area contributed by atoms with E-state index < -0.39 is 10.0 Å². The molecule has 120 valence electrons. The van der Waals surface area contributed by atoms with Gasteiger partial charge in [0.2, 0.25) is 0 Å². The van der Waals surface area contributed by atoms with Crippen molar-refractivity contribution in [3.8, 4) is 0 Å². The number of nitrogens with one attached hydrogen (secondary N) is 1. The third-order valence-corrected chi connectivity index (χ3v) is 5.47. The Morgan fingerprint density at radius 3 is 2.70 bits per heavy atom. The van der Waals surface area contributed by atoms with Gasteiger partial charge in [-0.3, -0.25) is 4.72 Å². The first-order valence-corrected chi connectivity index (χ1v) is 8.95. The van der Waals surface area contributed by atoms with Gasteiger partial charge in [-0.1, -0.05) is 12.1 Å². The number of anilines is 1. The quantitative estimate of drug-likeness (QED) is 0.797. The molecule has 0 bridgehead atoms. The summed E-state index contributed by atoms with van der Waals surface area (Å²) in [6.07, 6.45) is 3.31. The maximum atomic E-state index is 12.9. The fraction of sp³-hybridized carbons (Fsp3) is 0.235. The number of fused-ring (bicyclic) bond motifs is 1. The highest BCUT2D eigenvalue weighted by Crippen LogP contribution is 2.27. The van der Waals surface area contributed by atoms with E-state index in [1.807, 2.05) is 37.5 Å². The Bertz CT molecular complexity index is 975. The molecule has 2 heterocycles. The van der Waals surface area contributed by atoms with Gasteiger partial charge in [0.05, 0.1) is 5.69 Å². The average Bonchev–Trinajstić information content (AvgIpc) is 2.91. The van der Waals surface area contributed by atoms with E-state index in [9.17, 15) is 8.42 Å². The van der Waals surface area contributed by atoms with Gasteiger partial charge in [-0.25, -0.2) is 13.4 Å². The monoisotopic (exact) mass is 329 g/mol. The summed E-state index contributed by atoms with van der Waals surface area (Å²) in [4.78, 5) is 4.55. The van der Waals surface area contributed by atoms with Crippen molar-refractivity contribution < 1.29 is 8.42 Å². The largest absolute Gasteiger partial charge is 0.331 e. The molecule has 0 saturated carbocycles. The first-order chi connectivity index (χ1) is 10.9. The number of hydrogen-bond donors (Lipinski definition) is 1. The van der Waals surface area contributed by atoms with Crippen LogP contribution in [0.5, 0.6) is 0 Å². The molecule has 0 amide bonds. The number of benzene rings is 1. The fourth-order valence-corrected chi connectivity index (χ4v) is 3.94. The van der Waals surface area contributed by atoms with Gasteiger partial charge in [0.15, 0.2) is 0 Å². The molecule has 5 nitrogen and oxygen atoms in total. The molecule has 3 aromatic rings. The van der Waals surface area contributed by atoms with Crippen molar-refractivity contribution in [3.63, 3.8) is 0 Å². The molecule has 23 heavy (non-hydrogen) atoms. The van der Waals surface area contributed by atoms with Gasteiger partial charge in [0, 0.05) is 24.3 Å². The van der Waals surface area contributed by atoms with Gasteiger partial charge in [-0.2, -0.15) is 0 Å². The first-order valence-electron chi connectivity index (χ1n) is 7.47. The number of rotatable bonds is 4. The maximum Gasteiger partial charge on any atom is 0.264 e. The predicted molar refractivity (Wildman–Crippen MR) is 92.1 cm³/mol. The van der Waals surface area contributed by atoms with E-state index in [1.54, 1.807) is 30.6 Å². The van der Waals surface area contributed by atoms with Crippen LogP contribution in [0, 0.1) is 13.8 Å². The highest BCUT2D eigenvalue weighted by Gasteiger charge is 2.22. The summed E-state index contributed by atoms with van der Waals surface area (Å²) < 4.78 is 30.3. The molecule has 0 spiro atoms. The van der Waals surface area contributed by atoms with Crippen molar-refractivity contribution in [2.45, 2.75) is 32.2 Å². The van der Waals surface area contributed by atoms with Crippen LogP contribution in [-0.4, -0.2) is 18.0 Å². The number of pyridine rings is 1. The Morgan fingerprint density at radius 1 is 1.17 bits per heavy atom. The SMILES string of the molecule is CCn1cc(S(=O)(=O)Nc2cccc(C)c2C)c2cccnc21. The fourth-order valence-electron chi connectivity index (χ4n) is 2.61. The number of nitrogens with zero attached hydrogens (tertiary/aromatic N) is 2. The topological polar surface area (TPSA) is 64.0 Å². The molecule has 2 aromatic heterocycles. The van der Waals surface area contributed by atoms with E-state index >= 15 is 0 Å². The Morgan fingerprint density at radius 2 is 1.96 bits per heavy atom. The summed E-state index contributed by atoms with van der Waals surface area (Å²) >= 11 is 0. The van der Waals surface area contributed by atoms with Gasteiger partial charge in [-0.05, 0) is 50.1 Å². The lowest BCUT2D eigenvalue weighted by Gasteiger charge is -2.11. The molecule has 1 aromatic carbocycles. The first kappa shape index (κ1) is 15.6. The van der Waals surface area contributed by atoms with Gasteiger partial charge in [0.1, 0.15) is 10.5 Å². The third kappa shape index (κ3) is 2.70. The number of sulfonamides is 1. The zero-order valence-electron chi connectivity index (χ0n) is 13.4. The van der Waals surface area contributed by atoms with E-state index in [-0.39, 0.29) is 4.90 Å². The summed E-state index contributed by atoms with van der Waals surface area (Å²) in [5.74, 6) is 0. The number of hydrogen-bond acceptors (Lipinski definition) is 3. The van der Waals surface area contributed by atoms with Gasteiger partial charge in [-0.15, -0.1) is 0 Å². The highest BCUT2D eigenvalue weighted by atomic mass is 32.2. The molecule has 0 aliphatic heterocycles. The molecule has 0 aliphatic carbocycles. The van der Waals surface area contributed by atoms with Crippen LogP contribution in [0.4, 0.5) is 5.69 Å². The minimum Gasteiger partial charge on any atom is -0.331 e. The number of aromatic nitrogens is 2.